The minimum absolute atomic E-state index is 0.174. The molecule has 0 fully saturated rings. The Hall–Kier alpha value is -2.88. The number of carbonyl (C=O) groups is 2. The minimum atomic E-state index is -0.445. The summed E-state index contributed by atoms with van der Waals surface area (Å²) in [6.07, 6.45) is 0.601. The molecule has 0 spiro atoms. The molecule has 0 heterocycles. The van der Waals surface area contributed by atoms with Crippen LogP contribution in [0.3, 0.4) is 0 Å². The Kier molecular flexibility index (Phi) is 6.32. The predicted octanol–water partition coefficient (Wildman–Crippen LogP) is 4.16. The Balaban J connectivity index is 1.78. The molecular weight excluding hydrogens is 304 g/mol. The molecule has 0 aliphatic rings. The number of esters is 2. The first-order valence-corrected chi connectivity index (χ1v) is 7.75. The van der Waals surface area contributed by atoms with Crippen molar-refractivity contribution in [2.75, 3.05) is 6.61 Å². The molecule has 0 N–H and O–H groups in total. The van der Waals surface area contributed by atoms with Crippen LogP contribution in [0.25, 0.3) is 11.1 Å². The highest BCUT2D eigenvalue weighted by molar-refractivity contribution is 5.86. The number of hydrogen-bond acceptors (Lipinski definition) is 4. The van der Waals surface area contributed by atoms with Crippen molar-refractivity contribution in [2.24, 2.45) is 0 Å². The van der Waals surface area contributed by atoms with E-state index in [-0.39, 0.29) is 19.0 Å². The van der Waals surface area contributed by atoms with Gasteiger partial charge in [0, 0.05) is 12.0 Å². The molecule has 0 aromatic heterocycles. The smallest absolute Gasteiger partial charge is 0.333 e. The average Bonchev–Trinajstić information content (AvgIpc) is 2.60. The fraction of sp³-hybridized carbons (Fsp3) is 0.200. The van der Waals surface area contributed by atoms with Crippen molar-refractivity contribution in [2.45, 2.75) is 19.8 Å². The minimum Gasteiger partial charge on any atom is -0.462 e. The SMILES string of the molecule is C=C(C)C(=O)OCCCC(=O)Oc1ccc(-c2ccccc2)cc1. The van der Waals surface area contributed by atoms with Gasteiger partial charge in [0.05, 0.1) is 6.61 Å². The molecule has 0 unspecified atom stereocenters. The van der Waals surface area contributed by atoms with Gasteiger partial charge in [-0.25, -0.2) is 4.79 Å². The van der Waals surface area contributed by atoms with Crippen LogP contribution in [0.1, 0.15) is 19.8 Å². The molecule has 0 aliphatic heterocycles. The van der Waals surface area contributed by atoms with Crippen LogP contribution in [0.15, 0.2) is 66.7 Å². The lowest BCUT2D eigenvalue weighted by molar-refractivity contribution is -0.141. The van der Waals surface area contributed by atoms with E-state index in [0.29, 0.717) is 17.7 Å². The molecule has 124 valence electrons. The number of carbonyl (C=O) groups excluding carboxylic acids is 2. The van der Waals surface area contributed by atoms with Gasteiger partial charge in [-0.1, -0.05) is 49.0 Å². The zero-order chi connectivity index (χ0) is 17.4. The number of rotatable bonds is 7. The van der Waals surface area contributed by atoms with E-state index in [9.17, 15) is 9.59 Å². The quantitative estimate of drug-likeness (QED) is 0.332. The van der Waals surface area contributed by atoms with Gasteiger partial charge < -0.3 is 9.47 Å². The maximum atomic E-state index is 11.8. The molecule has 4 heteroatoms. The van der Waals surface area contributed by atoms with E-state index < -0.39 is 5.97 Å². The zero-order valence-electron chi connectivity index (χ0n) is 13.7. The van der Waals surface area contributed by atoms with E-state index in [2.05, 4.69) is 6.58 Å². The number of ether oxygens (including phenoxy) is 2. The lowest BCUT2D eigenvalue weighted by Crippen LogP contribution is -2.11. The van der Waals surface area contributed by atoms with Gasteiger partial charge in [-0.3, -0.25) is 4.79 Å². The van der Waals surface area contributed by atoms with Crippen molar-refractivity contribution in [3.05, 3.63) is 66.7 Å². The molecule has 0 radical (unpaired) electrons. The maximum absolute atomic E-state index is 11.8. The van der Waals surface area contributed by atoms with Crippen LogP contribution >= 0.6 is 0 Å². The molecule has 2 aromatic carbocycles. The van der Waals surface area contributed by atoms with Crippen LogP contribution in [-0.4, -0.2) is 18.5 Å². The highest BCUT2D eigenvalue weighted by Gasteiger charge is 2.07. The summed E-state index contributed by atoms with van der Waals surface area (Å²) in [7, 11) is 0. The van der Waals surface area contributed by atoms with Crippen LogP contribution in [0.2, 0.25) is 0 Å². The fourth-order valence-corrected chi connectivity index (χ4v) is 2.03. The van der Waals surface area contributed by atoms with Gasteiger partial charge in [-0.05, 0) is 36.6 Å². The van der Waals surface area contributed by atoms with Gasteiger partial charge in [0.25, 0.3) is 0 Å². The summed E-state index contributed by atoms with van der Waals surface area (Å²) in [4.78, 5) is 23.0. The second-order valence-corrected chi connectivity index (χ2v) is 5.38. The van der Waals surface area contributed by atoms with E-state index in [1.807, 2.05) is 42.5 Å². The molecule has 0 bridgehead atoms. The largest absolute Gasteiger partial charge is 0.462 e. The molecule has 0 aliphatic carbocycles. The molecule has 0 amide bonds. The van der Waals surface area contributed by atoms with E-state index >= 15 is 0 Å². The van der Waals surface area contributed by atoms with Gasteiger partial charge >= 0.3 is 11.9 Å². The number of hydrogen-bond donors (Lipinski definition) is 0. The van der Waals surface area contributed by atoms with Crippen molar-refractivity contribution in [1.29, 1.82) is 0 Å². The van der Waals surface area contributed by atoms with Crippen LogP contribution in [0.4, 0.5) is 0 Å². The summed E-state index contributed by atoms with van der Waals surface area (Å²) in [5.41, 5.74) is 2.51. The lowest BCUT2D eigenvalue weighted by atomic mass is 10.1. The average molecular weight is 324 g/mol. The second kappa shape index (κ2) is 8.67. The van der Waals surface area contributed by atoms with Crippen molar-refractivity contribution in [3.8, 4) is 16.9 Å². The van der Waals surface area contributed by atoms with E-state index in [1.165, 1.54) is 0 Å². The highest BCUT2D eigenvalue weighted by Crippen LogP contribution is 2.22. The molecule has 0 atom stereocenters. The molecule has 4 nitrogen and oxygen atoms in total. The third-order valence-electron chi connectivity index (χ3n) is 3.30. The van der Waals surface area contributed by atoms with Crippen LogP contribution < -0.4 is 4.74 Å². The predicted molar refractivity (Wildman–Crippen MR) is 92.5 cm³/mol. The van der Waals surface area contributed by atoms with E-state index in [0.717, 1.165) is 11.1 Å². The molecular formula is C20H20O4. The summed E-state index contributed by atoms with van der Waals surface area (Å²) < 4.78 is 10.2. The van der Waals surface area contributed by atoms with Crippen LogP contribution in [0, 0.1) is 0 Å². The van der Waals surface area contributed by atoms with Gasteiger partial charge in [-0.2, -0.15) is 0 Å². The standard InChI is InChI=1S/C20H20O4/c1-15(2)20(22)23-14-6-9-19(21)24-18-12-10-17(11-13-18)16-7-4-3-5-8-16/h3-5,7-8,10-13H,1,6,9,14H2,2H3. The molecule has 0 saturated heterocycles. The Morgan fingerprint density at radius 3 is 2.21 bits per heavy atom. The molecule has 24 heavy (non-hydrogen) atoms. The van der Waals surface area contributed by atoms with Crippen LogP contribution in [0.5, 0.6) is 5.75 Å². The Morgan fingerprint density at radius 2 is 1.58 bits per heavy atom. The summed E-state index contributed by atoms with van der Waals surface area (Å²) in [6, 6.07) is 17.3. The summed E-state index contributed by atoms with van der Waals surface area (Å²) in [5, 5.41) is 0. The number of benzene rings is 2. The third-order valence-corrected chi connectivity index (χ3v) is 3.30. The van der Waals surface area contributed by atoms with Gasteiger partial charge in [-0.15, -0.1) is 0 Å². The van der Waals surface area contributed by atoms with Gasteiger partial charge in [0.15, 0.2) is 0 Å². The maximum Gasteiger partial charge on any atom is 0.333 e. The summed E-state index contributed by atoms with van der Waals surface area (Å²) in [6.45, 7) is 5.24. The van der Waals surface area contributed by atoms with Crippen LogP contribution in [-0.2, 0) is 14.3 Å². The topological polar surface area (TPSA) is 52.6 Å². The Labute approximate surface area is 141 Å². The van der Waals surface area contributed by atoms with Crippen molar-refractivity contribution in [3.63, 3.8) is 0 Å². The molecule has 2 rings (SSSR count). The lowest BCUT2D eigenvalue weighted by Gasteiger charge is -2.07. The Morgan fingerprint density at radius 1 is 0.958 bits per heavy atom. The highest BCUT2D eigenvalue weighted by atomic mass is 16.5. The summed E-state index contributed by atoms with van der Waals surface area (Å²) in [5.74, 6) is -0.299. The third kappa shape index (κ3) is 5.39. The van der Waals surface area contributed by atoms with Gasteiger partial charge in [0.2, 0.25) is 0 Å². The summed E-state index contributed by atoms with van der Waals surface area (Å²) >= 11 is 0. The first-order valence-electron chi connectivity index (χ1n) is 7.75. The molecule has 0 saturated carbocycles. The van der Waals surface area contributed by atoms with E-state index in [1.54, 1.807) is 19.1 Å². The first-order chi connectivity index (χ1) is 11.6. The Bertz CT molecular complexity index is 702. The first kappa shape index (κ1) is 17.5. The molecule has 2 aromatic rings. The van der Waals surface area contributed by atoms with Crippen molar-refractivity contribution >= 4 is 11.9 Å². The normalized spacial score (nSPS) is 10.0. The monoisotopic (exact) mass is 324 g/mol. The van der Waals surface area contributed by atoms with Crippen molar-refractivity contribution in [1.82, 2.24) is 0 Å². The van der Waals surface area contributed by atoms with Gasteiger partial charge in [0.1, 0.15) is 5.75 Å². The van der Waals surface area contributed by atoms with E-state index in [4.69, 9.17) is 9.47 Å². The second-order valence-electron chi connectivity index (χ2n) is 5.38. The fourth-order valence-electron chi connectivity index (χ4n) is 2.03. The van der Waals surface area contributed by atoms with Crippen molar-refractivity contribution < 1.29 is 19.1 Å². The zero-order valence-corrected chi connectivity index (χ0v) is 13.7.